The van der Waals surface area contributed by atoms with E-state index in [9.17, 15) is 0 Å². The van der Waals surface area contributed by atoms with Crippen LogP contribution in [-0.4, -0.2) is 21.1 Å². The Morgan fingerprint density at radius 3 is 2.59 bits per heavy atom. The van der Waals surface area contributed by atoms with Gasteiger partial charge in [-0.15, -0.1) is 0 Å². The van der Waals surface area contributed by atoms with Crippen molar-refractivity contribution in [3.05, 3.63) is 75.8 Å². The molecule has 5 nitrogen and oxygen atoms in total. The molecule has 0 aliphatic heterocycles. The molecule has 1 N–H and O–H groups in total. The maximum Gasteiger partial charge on any atom is 0.216 e. The summed E-state index contributed by atoms with van der Waals surface area (Å²) in [6.45, 7) is 8.88. The largest absolute Gasteiger partial charge is 0.486 e. The van der Waals surface area contributed by atoms with E-state index in [0.29, 0.717) is 10.6 Å². The number of aryl methyl sites for hydroxylation is 1. The number of nitrogens with one attached hydrogen (secondary N) is 1. The number of nitrogens with zero attached hydrogens (tertiary/aromatic N) is 3. The SMILES string of the molecule is Cc1cccc(/C=N\n2c(COc3ccc(C(C)(C)C)cc3)n[nH]c2=S)c1. The van der Waals surface area contributed by atoms with Crippen molar-refractivity contribution in [2.45, 2.75) is 39.7 Å². The molecule has 1 aromatic heterocycles. The van der Waals surface area contributed by atoms with Crippen LogP contribution in [0.1, 0.15) is 43.3 Å². The normalized spacial score (nSPS) is 11.9. The fraction of sp³-hybridized carbons (Fsp3) is 0.286. The first-order chi connectivity index (χ1) is 12.8. The summed E-state index contributed by atoms with van der Waals surface area (Å²) in [4.78, 5) is 0. The maximum absolute atomic E-state index is 5.86. The first-order valence-corrected chi connectivity index (χ1v) is 9.24. The van der Waals surface area contributed by atoms with Crippen LogP contribution < -0.4 is 4.74 Å². The Hall–Kier alpha value is -2.73. The second-order valence-electron chi connectivity index (χ2n) is 7.48. The number of rotatable bonds is 5. The van der Waals surface area contributed by atoms with Crippen LogP contribution in [0, 0.1) is 11.7 Å². The molecular weight excluding hydrogens is 356 g/mol. The Morgan fingerprint density at radius 1 is 1.19 bits per heavy atom. The molecule has 0 amide bonds. The standard InChI is InChI=1S/C21H24N4OS/c1-15-6-5-7-16(12-15)13-22-25-19(23-24-20(25)27)14-26-18-10-8-17(9-11-18)21(2,3)4/h5-13H,14H2,1-4H3,(H,24,27)/b22-13-. The van der Waals surface area contributed by atoms with Crippen LogP contribution in [0.5, 0.6) is 5.75 Å². The van der Waals surface area contributed by atoms with Crippen molar-refractivity contribution < 1.29 is 4.74 Å². The predicted molar refractivity (Wildman–Crippen MR) is 111 cm³/mol. The van der Waals surface area contributed by atoms with Crippen molar-refractivity contribution >= 4 is 18.4 Å². The number of aromatic nitrogens is 3. The zero-order chi connectivity index (χ0) is 19.4. The first kappa shape index (κ1) is 19.0. The summed E-state index contributed by atoms with van der Waals surface area (Å²) in [7, 11) is 0. The minimum absolute atomic E-state index is 0.117. The van der Waals surface area contributed by atoms with Crippen molar-refractivity contribution in [3.8, 4) is 5.75 Å². The van der Waals surface area contributed by atoms with Gasteiger partial charge in [0.15, 0.2) is 5.82 Å². The monoisotopic (exact) mass is 380 g/mol. The third kappa shape index (κ3) is 4.92. The van der Waals surface area contributed by atoms with E-state index in [4.69, 9.17) is 17.0 Å². The molecule has 140 valence electrons. The highest BCUT2D eigenvalue weighted by molar-refractivity contribution is 7.71. The van der Waals surface area contributed by atoms with Crippen LogP contribution in [-0.2, 0) is 12.0 Å². The zero-order valence-corrected chi connectivity index (χ0v) is 16.9. The van der Waals surface area contributed by atoms with Crippen LogP contribution >= 0.6 is 12.2 Å². The molecule has 0 saturated heterocycles. The maximum atomic E-state index is 5.86. The minimum atomic E-state index is 0.117. The highest BCUT2D eigenvalue weighted by Crippen LogP contribution is 2.24. The lowest BCUT2D eigenvalue weighted by atomic mass is 9.87. The lowest BCUT2D eigenvalue weighted by Gasteiger charge is -2.19. The van der Waals surface area contributed by atoms with Crippen LogP contribution in [0.2, 0.25) is 0 Å². The van der Waals surface area contributed by atoms with Gasteiger partial charge in [0.05, 0.1) is 6.21 Å². The van der Waals surface area contributed by atoms with Gasteiger partial charge in [0, 0.05) is 0 Å². The van der Waals surface area contributed by atoms with Gasteiger partial charge in [0.1, 0.15) is 12.4 Å². The lowest BCUT2D eigenvalue weighted by Crippen LogP contribution is -2.10. The molecule has 0 radical (unpaired) electrons. The topological polar surface area (TPSA) is 55.2 Å². The molecule has 6 heteroatoms. The summed E-state index contributed by atoms with van der Waals surface area (Å²) < 4.78 is 7.88. The Labute approximate surface area is 164 Å². The summed E-state index contributed by atoms with van der Waals surface area (Å²) >= 11 is 5.28. The summed E-state index contributed by atoms with van der Waals surface area (Å²) in [5, 5.41) is 11.4. The van der Waals surface area contributed by atoms with Crippen molar-refractivity contribution in [1.29, 1.82) is 0 Å². The number of ether oxygens (including phenoxy) is 1. The second-order valence-corrected chi connectivity index (χ2v) is 7.87. The molecule has 0 unspecified atom stereocenters. The lowest BCUT2D eigenvalue weighted by molar-refractivity contribution is 0.290. The Bertz CT molecular complexity index is 994. The van der Waals surface area contributed by atoms with Gasteiger partial charge in [-0.2, -0.15) is 14.9 Å². The third-order valence-corrected chi connectivity index (χ3v) is 4.43. The second kappa shape index (κ2) is 7.88. The number of hydrogen-bond donors (Lipinski definition) is 1. The predicted octanol–water partition coefficient (Wildman–Crippen LogP) is 5.01. The van der Waals surface area contributed by atoms with Gasteiger partial charge in [0.2, 0.25) is 4.77 Å². The molecule has 2 aromatic carbocycles. The third-order valence-electron chi connectivity index (χ3n) is 4.17. The van der Waals surface area contributed by atoms with E-state index in [0.717, 1.165) is 11.3 Å². The van der Waals surface area contributed by atoms with E-state index in [1.54, 1.807) is 10.9 Å². The summed E-state index contributed by atoms with van der Waals surface area (Å²) in [6, 6.07) is 16.2. The van der Waals surface area contributed by atoms with E-state index < -0.39 is 0 Å². The van der Waals surface area contributed by atoms with Gasteiger partial charge in [-0.25, -0.2) is 5.10 Å². The van der Waals surface area contributed by atoms with E-state index in [1.165, 1.54) is 11.1 Å². The van der Waals surface area contributed by atoms with Gasteiger partial charge < -0.3 is 4.74 Å². The van der Waals surface area contributed by atoms with E-state index in [2.05, 4.69) is 54.3 Å². The summed E-state index contributed by atoms with van der Waals surface area (Å²) in [6.07, 6.45) is 1.76. The fourth-order valence-electron chi connectivity index (χ4n) is 2.61. The van der Waals surface area contributed by atoms with Crippen molar-refractivity contribution in [1.82, 2.24) is 14.9 Å². The summed E-state index contributed by atoms with van der Waals surface area (Å²) in [5.41, 5.74) is 3.56. The number of hydrogen-bond acceptors (Lipinski definition) is 4. The van der Waals surface area contributed by atoms with Gasteiger partial charge in [-0.3, -0.25) is 0 Å². The Kier molecular flexibility index (Phi) is 5.56. The van der Waals surface area contributed by atoms with Gasteiger partial charge in [-0.05, 0) is 47.8 Å². The fourth-order valence-corrected chi connectivity index (χ4v) is 2.81. The zero-order valence-electron chi connectivity index (χ0n) is 16.1. The van der Waals surface area contributed by atoms with Crippen LogP contribution in [0.25, 0.3) is 0 Å². The van der Waals surface area contributed by atoms with E-state index >= 15 is 0 Å². The van der Waals surface area contributed by atoms with Crippen molar-refractivity contribution in [2.75, 3.05) is 0 Å². The average molecular weight is 381 g/mol. The number of benzene rings is 2. The smallest absolute Gasteiger partial charge is 0.216 e. The average Bonchev–Trinajstić information content (AvgIpc) is 2.98. The molecule has 3 aromatic rings. The highest BCUT2D eigenvalue weighted by atomic mass is 32.1. The molecule has 0 aliphatic rings. The molecule has 0 atom stereocenters. The minimum Gasteiger partial charge on any atom is -0.486 e. The number of H-pyrrole nitrogens is 1. The van der Waals surface area contributed by atoms with Gasteiger partial charge in [0.25, 0.3) is 0 Å². The molecule has 3 rings (SSSR count). The molecule has 0 fully saturated rings. The van der Waals surface area contributed by atoms with Crippen molar-refractivity contribution in [2.24, 2.45) is 5.10 Å². The van der Waals surface area contributed by atoms with Crippen molar-refractivity contribution in [3.63, 3.8) is 0 Å². The van der Waals surface area contributed by atoms with Crippen LogP contribution in [0.4, 0.5) is 0 Å². The molecule has 0 spiro atoms. The van der Waals surface area contributed by atoms with E-state index in [1.807, 2.05) is 37.3 Å². The quantitative estimate of drug-likeness (QED) is 0.500. The van der Waals surface area contributed by atoms with Gasteiger partial charge >= 0.3 is 0 Å². The van der Waals surface area contributed by atoms with Gasteiger partial charge in [-0.1, -0.05) is 62.7 Å². The van der Waals surface area contributed by atoms with E-state index in [-0.39, 0.29) is 12.0 Å². The first-order valence-electron chi connectivity index (χ1n) is 8.83. The highest BCUT2D eigenvalue weighted by Gasteiger charge is 2.13. The Morgan fingerprint density at radius 2 is 1.93 bits per heavy atom. The molecule has 0 aliphatic carbocycles. The molecular formula is C21H24N4OS. The molecule has 27 heavy (non-hydrogen) atoms. The van der Waals surface area contributed by atoms with Crippen LogP contribution in [0.3, 0.4) is 0 Å². The summed E-state index contributed by atoms with van der Waals surface area (Å²) in [5.74, 6) is 1.40. The Balaban J connectivity index is 1.72. The molecule has 0 saturated carbocycles. The molecule has 1 heterocycles. The molecule has 0 bridgehead atoms. The number of aromatic amines is 1. The van der Waals surface area contributed by atoms with Crippen LogP contribution in [0.15, 0.2) is 53.6 Å².